The lowest BCUT2D eigenvalue weighted by Crippen LogP contribution is -2.47. The Balaban J connectivity index is 2.04. The number of nitrogens with zero attached hydrogens (tertiary/aromatic N) is 2. The van der Waals surface area contributed by atoms with Gasteiger partial charge in [-0.05, 0) is 46.7 Å². The Hall–Kier alpha value is -0.160. The third-order valence-corrected chi connectivity index (χ3v) is 3.34. The van der Waals surface area contributed by atoms with Crippen LogP contribution < -0.4 is 5.73 Å². The first kappa shape index (κ1) is 15.9. The molecule has 4 heteroatoms. The van der Waals surface area contributed by atoms with Crippen LogP contribution >= 0.6 is 0 Å². The van der Waals surface area contributed by atoms with Crippen LogP contribution in [0.25, 0.3) is 0 Å². The Morgan fingerprint density at radius 1 is 0.944 bits per heavy atom. The molecular weight excluding hydrogens is 226 g/mol. The maximum absolute atomic E-state index is 5.77. The Bertz CT molecular complexity index is 208. The third kappa shape index (κ3) is 7.31. The number of hydrogen-bond donors (Lipinski definition) is 1. The van der Waals surface area contributed by atoms with Crippen molar-refractivity contribution in [1.82, 2.24) is 9.80 Å². The Morgan fingerprint density at radius 2 is 1.50 bits per heavy atom. The van der Waals surface area contributed by atoms with Gasteiger partial charge in [0.1, 0.15) is 0 Å². The molecule has 1 aliphatic rings. The lowest BCUT2D eigenvalue weighted by molar-refractivity contribution is -0.0178. The van der Waals surface area contributed by atoms with Crippen LogP contribution in [0, 0.1) is 0 Å². The first-order valence-corrected chi connectivity index (χ1v) is 7.30. The predicted molar refractivity (Wildman–Crippen MR) is 76.9 cm³/mol. The maximum atomic E-state index is 5.77. The summed E-state index contributed by atoms with van der Waals surface area (Å²) in [5, 5.41) is 0. The van der Waals surface area contributed by atoms with Gasteiger partial charge < -0.3 is 15.4 Å². The second-order valence-electron chi connectivity index (χ2n) is 6.14. The van der Waals surface area contributed by atoms with Gasteiger partial charge in [-0.1, -0.05) is 0 Å². The molecule has 1 heterocycles. The maximum Gasteiger partial charge on any atom is 0.0600 e. The molecule has 0 atom stereocenters. The molecule has 0 radical (unpaired) electrons. The van der Waals surface area contributed by atoms with Crippen molar-refractivity contribution < 1.29 is 4.74 Å². The molecular formula is C14H31N3O. The van der Waals surface area contributed by atoms with E-state index in [1.165, 1.54) is 39.1 Å². The van der Waals surface area contributed by atoms with E-state index in [0.29, 0.717) is 0 Å². The fourth-order valence-electron chi connectivity index (χ4n) is 2.20. The smallest absolute Gasteiger partial charge is 0.0600 e. The van der Waals surface area contributed by atoms with E-state index in [9.17, 15) is 0 Å². The second kappa shape index (κ2) is 8.10. The molecule has 1 aliphatic heterocycles. The molecule has 0 amide bonds. The van der Waals surface area contributed by atoms with Crippen LogP contribution in [-0.2, 0) is 4.74 Å². The van der Waals surface area contributed by atoms with E-state index in [4.69, 9.17) is 10.5 Å². The highest BCUT2D eigenvalue weighted by Gasteiger charge is 2.17. The molecule has 4 nitrogen and oxygen atoms in total. The summed E-state index contributed by atoms with van der Waals surface area (Å²) < 4.78 is 5.77. The van der Waals surface area contributed by atoms with Crippen molar-refractivity contribution in [2.75, 3.05) is 52.4 Å². The predicted octanol–water partition coefficient (Wildman–Crippen LogP) is 1.16. The molecule has 0 aromatic rings. The van der Waals surface area contributed by atoms with Crippen LogP contribution in [-0.4, -0.2) is 67.8 Å². The number of nitrogens with two attached hydrogens (primary N) is 1. The zero-order valence-electron chi connectivity index (χ0n) is 12.5. The average Bonchev–Trinajstić information content (AvgIpc) is 2.30. The first-order chi connectivity index (χ1) is 8.51. The number of ether oxygens (including phenoxy) is 1. The molecule has 0 aliphatic carbocycles. The highest BCUT2D eigenvalue weighted by atomic mass is 16.5. The van der Waals surface area contributed by atoms with Crippen molar-refractivity contribution in [1.29, 1.82) is 0 Å². The molecule has 108 valence electrons. The molecule has 2 N–H and O–H groups in total. The molecule has 0 aromatic carbocycles. The van der Waals surface area contributed by atoms with Gasteiger partial charge in [0.15, 0.2) is 0 Å². The summed E-state index contributed by atoms with van der Waals surface area (Å²) >= 11 is 0. The summed E-state index contributed by atoms with van der Waals surface area (Å²) in [6, 6.07) is 0. The average molecular weight is 257 g/mol. The van der Waals surface area contributed by atoms with Crippen molar-refractivity contribution in [2.24, 2.45) is 5.73 Å². The van der Waals surface area contributed by atoms with Gasteiger partial charge in [-0.2, -0.15) is 0 Å². The van der Waals surface area contributed by atoms with Crippen LogP contribution in [0.2, 0.25) is 0 Å². The minimum absolute atomic E-state index is 0.00988. The SMILES string of the molecule is CC(C)(C)OCCN1CCN(CCCCN)CC1. The lowest BCUT2D eigenvalue weighted by Gasteiger charge is -2.35. The highest BCUT2D eigenvalue weighted by molar-refractivity contribution is 4.72. The van der Waals surface area contributed by atoms with E-state index in [1.807, 2.05) is 0 Å². The summed E-state index contributed by atoms with van der Waals surface area (Å²) in [4.78, 5) is 5.06. The van der Waals surface area contributed by atoms with Gasteiger partial charge in [0.25, 0.3) is 0 Å². The van der Waals surface area contributed by atoms with Crippen molar-refractivity contribution in [2.45, 2.75) is 39.2 Å². The van der Waals surface area contributed by atoms with Crippen LogP contribution in [0.15, 0.2) is 0 Å². The molecule has 18 heavy (non-hydrogen) atoms. The van der Waals surface area contributed by atoms with Gasteiger partial charge in [-0.25, -0.2) is 0 Å². The van der Waals surface area contributed by atoms with E-state index in [-0.39, 0.29) is 5.60 Å². The molecule has 0 aromatic heterocycles. The van der Waals surface area contributed by atoms with E-state index in [0.717, 1.165) is 26.1 Å². The van der Waals surface area contributed by atoms with Crippen molar-refractivity contribution in [3.63, 3.8) is 0 Å². The first-order valence-electron chi connectivity index (χ1n) is 7.30. The summed E-state index contributed by atoms with van der Waals surface area (Å²) in [6.07, 6.45) is 2.39. The Kier molecular flexibility index (Phi) is 7.15. The monoisotopic (exact) mass is 257 g/mol. The number of rotatable bonds is 7. The number of hydrogen-bond acceptors (Lipinski definition) is 4. The van der Waals surface area contributed by atoms with Gasteiger partial charge in [0.05, 0.1) is 12.2 Å². The standard InChI is InChI=1S/C14H31N3O/c1-14(2,3)18-13-12-17-10-8-16(9-11-17)7-5-4-6-15/h4-13,15H2,1-3H3. The van der Waals surface area contributed by atoms with E-state index in [2.05, 4.69) is 30.6 Å². The second-order valence-corrected chi connectivity index (χ2v) is 6.14. The number of piperazine rings is 1. The van der Waals surface area contributed by atoms with Gasteiger partial charge in [-0.3, -0.25) is 4.90 Å². The zero-order chi connectivity index (χ0) is 13.4. The molecule has 0 bridgehead atoms. The van der Waals surface area contributed by atoms with Gasteiger partial charge in [0.2, 0.25) is 0 Å². The summed E-state index contributed by atoms with van der Waals surface area (Å²) in [7, 11) is 0. The largest absolute Gasteiger partial charge is 0.375 e. The van der Waals surface area contributed by atoms with Gasteiger partial charge >= 0.3 is 0 Å². The fourth-order valence-corrected chi connectivity index (χ4v) is 2.20. The van der Waals surface area contributed by atoms with Gasteiger partial charge in [-0.15, -0.1) is 0 Å². The topological polar surface area (TPSA) is 41.7 Å². The van der Waals surface area contributed by atoms with Crippen molar-refractivity contribution in [3.05, 3.63) is 0 Å². The summed E-state index contributed by atoms with van der Waals surface area (Å²) in [5.74, 6) is 0. The molecule has 0 saturated carbocycles. The Morgan fingerprint density at radius 3 is 2.00 bits per heavy atom. The molecule has 1 fully saturated rings. The van der Waals surface area contributed by atoms with Crippen LogP contribution in [0.1, 0.15) is 33.6 Å². The van der Waals surface area contributed by atoms with Crippen LogP contribution in [0.4, 0.5) is 0 Å². The quantitative estimate of drug-likeness (QED) is 0.695. The van der Waals surface area contributed by atoms with E-state index >= 15 is 0 Å². The minimum Gasteiger partial charge on any atom is -0.375 e. The fraction of sp³-hybridized carbons (Fsp3) is 1.00. The lowest BCUT2D eigenvalue weighted by atomic mass is 10.2. The molecule has 1 saturated heterocycles. The Labute approximate surface area is 112 Å². The summed E-state index contributed by atoms with van der Waals surface area (Å²) in [5.41, 5.74) is 5.51. The zero-order valence-corrected chi connectivity index (χ0v) is 12.5. The van der Waals surface area contributed by atoms with Gasteiger partial charge in [0, 0.05) is 32.7 Å². The molecule has 1 rings (SSSR count). The highest BCUT2D eigenvalue weighted by Crippen LogP contribution is 2.07. The summed E-state index contributed by atoms with van der Waals surface area (Å²) in [6.45, 7) is 15.0. The van der Waals surface area contributed by atoms with Crippen LogP contribution in [0.5, 0.6) is 0 Å². The van der Waals surface area contributed by atoms with Crippen molar-refractivity contribution >= 4 is 0 Å². The number of unbranched alkanes of at least 4 members (excludes halogenated alkanes) is 1. The normalized spacial score (nSPS) is 19.3. The molecule has 0 spiro atoms. The van der Waals surface area contributed by atoms with Crippen LogP contribution in [0.3, 0.4) is 0 Å². The van der Waals surface area contributed by atoms with E-state index < -0.39 is 0 Å². The molecule has 0 unspecified atom stereocenters. The minimum atomic E-state index is -0.00988. The third-order valence-electron chi connectivity index (χ3n) is 3.34. The van der Waals surface area contributed by atoms with Crippen molar-refractivity contribution in [3.8, 4) is 0 Å². The van der Waals surface area contributed by atoms with E-state index in [1.54, 1.807) is 0 Å².